The van der Waals surface area contributed by atoms with Crippen LogP contribution in [0.15, 0.2) is 34.6 Å². The highest BCUT2D eigenvalue weighted by molar-refractivity contribution is 7.09. The molecule has 1 unspecified atom stereocenters. The van der Waals surface area contributed by atoms with E-state index in [0.717, 1.165) is 16.4 Å². The van der Waals surface area contributed by atoms with Crippen molar-refractivity contribution in [1.82, 2.24) is 4.98 Å². The second-order valence-electron chi connectivity index (χ2n) is 4.35. The fraction of sp³-hybridized carbons (Fsp3) is 0.231. The molecule has 2 aromatic rings. The first-order chi connectivity index (χ1) is 9.15. The minimum Gasteiger partial charge on any atom is -0.369 e. The summed E-state index contributed by atoms with van der Waals surface area (Å²) in [6, 6.07) is 7.67. The normalized spacial score (nSPS) is 18.7. The predicted molar refractivity (Wildman–Crippen MR) is 80.0 cm³/mol. The summed E-state index contributed by atoms with van der Waals surface area (Å²) >= 11 is 7.56. The van der Waals surface area contributed by atoms with Crippen LogP contribution in [0.3, 0.4) is 0 Å². The molecule has 1 aliphatic heterocycles. The van der Waals surface area contributed by atoms with Gasteiger partial charge in [-0.25, -0.2) is 4.98 Å². The van der Waals surface area contributed by atoms with Gasteiger partial charge in [0, 0.05) is 16.1 Å². The molecule has 3 rings (SSSR count). The molecule has 19 heavy (non-hydrogen) atoms. The van der Waals surface area contributed by atoms with Crippen LogP contribution in [0.2, 0.25) is 5.02 Å². The quantitative estimate of drug-likeness (QED) is 0.926. The van der Waals surface area contributed by atoms with Gasteiger partial charge in [0.2, 0.25) is 0 Å². The Hall–Kier alpha value is -1.59. The van der Waals surface area contributed by atoms with E-state index in [1.807, 2.05) is 36.1 Å². The average molecular weight is 293 g/mol. The van der Waals surface area contributed by atoms with Gasteiger partial charge in [-0.05, 0) is 31.2 Å². The number of guanidine groups is 1. The van der Waals surface area contributed by atoms with Crippen LogP contribution in [0.25, 0.3) is 0 Å². The van der Waals surface area contributed by atoms with Crippen LogP contribution in [0.4, 0.5) is 5.69 Å². The molecule has 4 nitrogen and oxygen atoms in total. The number of rotatable bonds is 2. The lowest BCUT2D eigenvalue weighted by Gasteiger charge is -2.25. The first-order valence-electron chi connectivity index (χ1n) is 5.92. The maximum Gasteiger partial charge on any atom is 0.196 e. The Balaban J connectivity index is 1.96. The molecule has 6 heteroatoms. The third kappa shape index (κ3) is 2.31. The van der Waals surface area contributed by atoms with Gasteiger partial charge in [0.05, 0.1) is 23.3 Å². The van der Waals surface area contributed by atoms with Crippen molar-refractivity contribution in [3.05, 3.63) is 45.4 Å². The van der Waals surface area contributed by atoms with Crippen LogP contribution in [0, 0.1) is 6.92 Å². The Morgan fingerprint density at radius 1 is 1.37 bits per heavy atom. The Morgan fingerprint density at radius 2 is 2.11 bits per heavy atom. The molecule has 0 amide bonds. The molecule has 0 bridgehead atoms. The molecule has 1 aromatic heterocycles. The van der Waals surface area contributed by atoms with Gasteiger partial charge in [-0.2, -0.15) is 0 Å². The van der Waals surface area contributed by atoms with Crippen molar-refractivity contribution in [3.63, 3.8) is 0 Å². The molecule has 0 fully saturated rings. The van der Waals surface area contributed by atoms with E-state index in [1.54, 1.807) is 11.3 Å². The van der Waals surface area contributed by atoms with Crippen LogP contribution in [-0.4, -0.2) is 17.5 Å². The lowest BCUT2D eigenvalue weighted by Crippen LogP contribution is -2.36. The van der Waals surface area contributed by atoms with E-state index in [9.17, 15) is 0 Å². The Bertz CT molecular complexity index is 620. The number of aromatic nitrogens is 1. The molecule has 1 aromatic carbocycles. The molecule has 1 aliphatic rings. The van der Waals surface area contributed by atoms with E-state index in [0.29, 0.717) is 17.5 Å². The van der Waals surface area contributed by atoms with Gasteiger partial charge in [0.1, 0.15) is 0 Å². The Kier molecular flexibility index (Phi) is 3.16. The number of aliphatic imine (C=N–C) groups is 1. The van der Waals surface area contributed by atoms with Gasteiger partial charge in [0.25, 0.3) is 0 Å². The zero-order valence-electron chi connectivity index (χ0n) is 10.4. The highest BCUT2D eigenvalue weighted by atomic mass is 35.5. The molecule has 2 N–H and O–H groups in total. The standard InChI is InChI=1S/C13H13ClN4S/c1-8-17-11(7-19-8)12-6-16-13(15)18(12)10-4-2-9(14)3-5-10/h2-5,7,12H,6H2,1H3,(H2,15,16). The van der Waals surface area contributed by atoms with Gasteiger partial charge in [0.15, 0.2) is 5.96 Å². The topological polar surface area (TPSA) is 54.5 Å². The van der Waals surface area contributed by atoms with Gasteiger partial charge in [-0.3, -0.25) is 4.99 Å². The highest BCUT2D eigenvalue weighted by Crippen LogP contribution is 2.32. The van der Waals surface area contributed by atoms with Crippen molar-refractivity contribution >= 4 is 34.6 Å². The van der Waals surface area contributed by atoms with Crippen molar-refractivity contribution in [1.29, 1.82) is 0 Å². The van der Waals surface area contributed by atoms with E-state index in [4.69, 9.17) is 17.3 Å². The number of anilines is 1. The van der Waals surface area contributed by atoms with Gasteiger partial charge < -0.3 is 10.6 Å². The van der Waals surface area contributed by atoms with Crippen LogP contribution in [0.1, 0.15) is 16.7 Å². The van der Waals surface area contributed by atoms with Gasteiger partial charge in [-0.1, -0.05) is 11.6 Å². The second-order valence-corrected chi connectivity index (χ2v) is 5.85. The van der Waals surface area contributed by atoms with E-state index in [2.05, 4.69) is 15.4 Å². The molecule has 2 heterocycles. The molecule has 98 valence electrons. The lowest BCUT2D eigenvalue weighted by molar-refractivity contribution is 0.744. The summed E-state index contributed by atoms with van der Waals surface area (Å²) in [7, 11) is 0. The first-order valence-corrected chi connectivity index (χ1v) is 7.17. The summed E-state index contributed by atoms with van der Waals surface area (Å²) in [5.41, 5.74) is 8.00. The molecular weight excluding hydrogens is 280 g/mol. The number of hydrogen-bond donors (Lipinski definition) is 1. The number of nitrogens with two attached hydrogens (primary N) is 1. The van der Waals surface area contributed by atoms with Crippen LogP contribution < -0.4 is 10.6 Å². The molecule has 1 atom stereocenters. The average Bonchev–Trinajstić information content (AvgIpc) is 2.97. The van der Waals surface area contributed by atoms with Crippen molar-refractivity contribution in [2.24, 2.45) is 10.7 Å². The minimum absolute atomic E-state index is 0.0751. The van der Waals surface area contributed by atoms with E-state index in [1.165, 1.54) is 0 Å². The number of nitrogens with zero attached hydrogens (tertiary/aromatic N) is 3. The van der Waals surface area contributed by atoms with Crippen LogP contribution >= 0.6 is 22.9 Å². The van der Waals surface area contributed by atoms with Crippen molar-refractivity contribution in [3.8, 4) is 0 Å². The van der Waals surface area contributed by atoms with Crippen LogP contribution in [0.5, 0.6) is 0 Å². The summed E-state index contributed by atoms with van der Waals surface area (Å²) in [4.78, 5) is 10.9. The third-order valence-electron chi connectivity index (χ3n) is 3.07. The smallest absolute Gasteiger partial charge is 0.196 e. The summed E-state index contributed by atoms with van der Waals surface area (Å²) in [5.74, 6) is 0.526. The fourth-order valence-corrected chi connectivity index (χ4v) is 2.96. The number of benzene rings is 1. The lowest BCUT2D eigenvalue weighted by atomic mass is 10.2. The third-order valence-corrected chi connectivity index (χ3v) is 4.11. The second kappa shape index (κ2) is 4.83. The molecule has 0 spiro atoms. The molecule has 0 saturated carbocycles. The van der Waals surface area contributed by atoms with Crippen molar-refractivity contribution < 1.29 is 0 Å². The molecule has 0 saturated heterocycles. The van der Waals surface area contributed by atoms with Crippen molar-refractivity contribution in [2.45, 2.75) is 13.0 Å². The monoisotopic (exact) mass is 292 g/mol. The van der Waals surface area contributed by atoms with Crippen LogP contribution in [-0.2, 0) is 0 Å². The zero-order chi connectivity index (χ0) is 13.4. The SMILES string of the molecule is Cc1nc(C2CN=C(N)N2c2ccc(Cl)cc2)cs1. The number of thiazole rings is 1. The van der Waals surface area contributed by atoms with E-state index < -0.39 is 0 Å². The fourth-order valence-electron chi connectivity index (χ4n) is 2.17. The summed E-state index contributed by atoms with van der Waals surface area (Å²) in [6.45, 7) is 2.64. The number of hydrogen-bond acceptors (Lipinski definition) is 5. The first kappa shape index (κ1) is 12.4. The van der Waals surface area contributed by atoms with Gasteiger partial charge in [-0.15, -0.1) is 11.3 Å². The zero-order valence-corrected chi connectivity index (χ0v) is 11.9. The molecular formula is C13H13ClN4S. The summed E-state index contributed by atoms with van der Waals surface area (Å²) in [6.07, 6.45) is 0. The Morgan fingerprint density at radius 3 is 2.74 bits per heavy atom. The summed E-state index contributed by atoms with van der Waals surface area (Å²) < 4.78 is 0. The van der Waals surface area contributed by atoms with E-state index in [-0.39, 0.29) is 6.04 Å². The van der Waals surface area contributed by atoms with E-state index >= 15 is 0 Å². The van der Waals surface area contributed by atoms with Crippen molar-refractivity contribution in [2.75, 3.05) is 11.4 Å². The highest BCUT2D eigenvalue weighted by Gasteiger charge is 2.30. The maximum absolute atomic E-state index is 6.00. The number of halogens is 1. The molecule has 0 aliphatic carbocycles. The number of aryl methyl sites for hydroxylation is 1. The van der Waals surface area contributed by atoms with Gasteiger partial charge >= 0.3 is 0 Å². The molecule has 0 radical (unpaired) electrons. The maximum atomic E-state index is 6.00. The largest absolute Gasteiger partial charge is 0.369 e. The minimum atomic E-state index is 0.0751. The predicted octanol–water partition coefficient (Wildman–Crippen LogP) is 2.98. The Labute approximate surface area is 120 Å². The summed E-state index contributed by atoms with van der Waals surface area (Å²) in [5, 5.41) is 3.83.